The zero-order valence-corrected chi connectivity index (χ0v) is 11.8. The molecule has 0 amide bonds. The number of carboxylic acid groups (broad SMARTS) is 1. The highest BCUT2D eigenvalue weighted by Crippen LogP contribution is 2.69. The molecule has 0 aromatic heterocycles. The third-order valence-electron chi connectivity index (χ3n) is 6.31. The van der Waals surface area contributed by atoms with E-state index >= 15 is 0 Å². The maximum Gasteiger partial charge on any atom is 0.309 e. The first kappa shape index (κ1) is 12.9. The van der Waals surface area contributed by atoms with E-state index in [4.69, 9.17) is 0 Å². The van der Waals surface area contributed by atoms with E-state index in [1.165, 1.54) is 19.3 Å². The smallest absolute Gasteiger partial charge is 0.309 e. The van der Waals surface area contributed by atoms with Gasteiger partial charge in [-0.3, -0.25) is 4.79 Å². The van der Waals surface area contributed by atoms with Gasteiger partial charge in [0.25, 0.3) is 0 Å². The first-order valence-electron chi connectivity index (χ1n) is 6.85. The van der Waals surface area contributed by atoms with E-state index in [1.54, 1.807) is 0 Å². The molecule has 1 N–H and O–H groups in total. The Morgan fingerprint density at radius 2 is 1.94 bits per heavy atom. The first-order chi connectivity index (χ1) is 7.61. The second-order valence-corrected chi connectivity index (χ2v) is 7.70. The summed E-state index contributed by atoms with van der Waals surface area (Å²) < 4.78 is 0. The normalized spacial score (nSPS) is 39.6. The Hall–Kier alpha value is -0.530. The summed E-state index contributed by atoms with van der Waals surface area (Å²) in [4.78, 5) is 11.3. The second-order valence-electron chi connectivity index (χ2n) is 7.70. The van der Waals surface area contributed by atoms with Gasteiger partial charge in [-0.25, -0.2) is 0 Å². The fourth-order valence-electron chi connectivity index (χ4n) is 4.38. The summed E-state index contributed by atoms with van der Waals surface area (Å²) in [5.41, 5.74) is 0.172. The molecule has 3 unspecified atom stereocenters. The minimum atomic E-state index is -0.651. The average Bonchev–Trinajstić information content (AvgIpc) is 2.49. The summed E-state index contributed by atoms with van der Waals surface area (Å²) >= 11 is 0. The van der Waals surface area contributed by atoms with Crippen LogP contribution in [-0.2, 0) is 4.79 Å². The van der Waals surface area contributed by atoms with Gasteiger partial charge < -0.3 is 5.11 Å². The molecule has 2 nitrogen and oxygen atoms in total. The van der Waals surface area contributed by atoms with Crippen molar-refractivity contribution in [1.29, 1.82) is 0 Å². The Balaban J connectivity index is 2.19. The van der Waals surface area contributed by atoms with Crippen LogP contribution in [-0.4, -0.2) is 11.1 Å². The van der Waals surface area contributed by atoms with Crippen LogP contribution in [0, 0.1) is 28.1 Å². The molecular formula is C15H26O2. The SMILES string of the molecule is CC(C)(CC1CC2CCC1(C)C2(C)C)C(=O)O. The summed E-state index contributed by atoms with van der Waals surface area (Å²) in [6.07, 6.45) is 4.69. The lowest BCUT2D eigenvalue weighted by atomic mass is 9.63. The van der Waals surface area contributed by atoms with Gasteiger partial charge in [0.2, 0.25) is 0 Å². The van der Waals surface area contributed by atoms with Gasteiger partial charge in [0.15, 0.2) is 0 Å². The highest BCUT2D eigenvalue weighted by atomic mass is 16.4. The molecule has 0 spiro atoms. The number of aliphatic carboxylic acids is 1. The van der Waals surface area contributed by atoms with Gasteiger partial charge >= 0.3 is 5.97 Å². The third-order valence-corrected chi connectivity index (χ3v) is 6.31. The van der Waals surface area contributed by atoms with Crippen LogP contribution in [0.25, 0.3) is 0 Å². The lowest BCUT2D eigenvalue weighted by Gasteiger charge is -2.41. The Kier molecular flexibility index (Phi) is 2.65. The molecule has 2 saturated carbocycles. The number of hydrogen-bond donors (Lipinski definition) is 1. The van der Waals surface area contributed by atoms with E-state index in [-0.39, 0.29) is 0 Å². The van der Waals surface area contributed by atoms with Crippen molar-refractivity contribution in [2.75, 3.05) is 0 Å². The fourth-order valence-corrected chi connectivity index (χ4v) is 4.38. The lowest BCUT2D eigenvalue weighted by Crippen LogP contribution is -2.36. The molecule has 2 bridgehead atoms. The third kappa shape index (κ3) is 1.63. The quantitative estimate of drug-likeness (QED) is 0.808. The molecule has 2 aliphatic carbocycles. The van der Waals surface area contributed by atoms with Crippen LogP contribution in [0.1, 0.15) is 60.3 Å². The molecule has 2 aliphatic rings. The lowest BCUT2D eigenvalue weighted by molar-refractivity contribution is -0.148. The summed E-state index contributed by atoms with van der Waals surface area (Å²) in [5, 5.41) is 9.29. The van der Waals surface area contributed by atoms with E-state index in [0.29, 0.717) is 16.7 Å². The van der Waals surface area contributed by atoms with Crippen LogP contribution in [0.3, 0.4) is 0 Å². The molecule has 0 heterocycles. The predicted octanol–water partition coefficient (Wildman–Crippen LogP) is 3.95. The fraction of sp³-hybridized carbons (Fsp3) is 0.933. The van der Waals surface area contributed by atoms with Gasteiger partial charge in [-0.2, -0.15) is 0 Å². The molecule has 2 heteroatoms. The van der Waals surface area contributed by atoms with Crippen LogP contribution >= 0.6 is 0 Å². The molecule has 0 aromatic carbocycles. The average molecular weight is 238 g/mol. The monoisotopic (exact) mass is 238 g/mol. The largest absolute Gasteiger partial charge is 0.481 e. The van der Waals surface area contributed by atoms with Crippen molar-refractivity contribution in [2.24, 2.45) is 28.1 Å². The summed E-state index contributed by atoms with van der Waals surface area (Å²) in [7, 11) is 0. The van der Waals surface area contributed by atoms with E-state index < -0.39 is 11.4 Å². The molecule has 98 valence electrons. The number of hydrogen-bond acceptors (Lipinski definition) is 1. The minimum absolute atomic E-state index is 0.352. The summed E-state index contributed by atoms with van der Waals surface area (Å²) in [6.45, 7) is 10.9. The van der Waals surface area contributed by atoms with Gasteiger partial charge in [0.05, 0.1) is 5.41 Å². The van der Waals surface area contributed by atoms with Gasteiger partial charge in [-0.15, -0.1) is 0 Å². The summed E-state index contributed by atoms with van der Waals surface area (Å²) in [5.74, 6) is 0.742. The zero-order chi connectivity index (χ0) is 13.1. The van der Waals surface area contributed by atoms with Crippen LogP contribution in [0.15, 0.2) is 0 Å². The van der Waals surface area contributed by atoms with Gasteiger partial charge in [0, 0.05) is 0 Å². The number of carbonyl (C=O) groups is 1. The second kappa shape index (κ2) is 3.49. The van der Waals surface area contributed by atoms with E-state index in [0.717, 1.165) is 12.3 Å². The molecule has 0 radical (unpaired) electrons. The molecule has 2 fully saturated rings. The van der Waals surface area contributed by atoms with Crippen LogP contribution in [0.4, 0.5) is 0 Å². The molecule has 3 atom stereocenters. The van der Waals surface area contributed by atoms with Crippen molar-refractivity contribution in [3.8, 4) is 0 Å². The molecule has 0 aromatic rings. The van der Waals surface area contributed by atoms with Crippen molar-refractivity contribution < 1.29 is 9.90 Å². The van der Waals surface area contributed by atoms with Crippen molar-refractivity contribution in [1.82, 2.24) is 0 Å². The van der Waals surface area contributed by atoms with Gasteiger partial charge in [-0.05, 0) is 62.2 Å². The Bertz CT molecular complexity index is 343. The van der Waals surface area contributed by atoms with Gasteiger partial charge in [0.1, 0.15) is 0 Å². The van der Waals surface area contributed by atoms with E-state index in [1.807, 2.05) is 13.8 Å². The van der Waals surface area contributed by atoms with Crippen molar-refractivity contribution in [3.63, 3.8) is 0 Å². The van der Waals surface area contributed by atoms with Crippen molar-refractivity contribution >= 4 is 5.97 Å². The number of fused-ring (bicyclic) bond motifs is 2. The van der Waals surface area contributed by atoms with Crippen LogP contribution in [0.5, 0.6) is 0 Å². The first-order valence-corrected chi connectivity index (χ1v) is 6.85. The molecule has 0 saturated heterocycles. The summed E-state index contributed by atoms with van der Waals surface area (Å²) in [6, 6.07) is 0. The zero-order valence-electron chi connectivity index (χ0n) is 11.8. The van der Waals surface area contributed by atoms with Crippen molar-refractivity contribution in [2.45, 2.75) is 60.3 Å². The topological polar surface area (TPSA) is 37.3 Å². The highest BCUT2D eigenvalue weighted by molar-refractivity contribution is 5.73. The molecule has 17 heavy (non-hydrogen) atoms. The van der Waals surface area contributed by atoms with Gasteiger partial charge in [-0.1, -0.05) is 20.8 Å². The number of rotatable bonds is 3. The predicted molar refractivity (Wildman–Crippen MR) is 68.8 cm³/mol. The van der Waals surface area contributed by atoms with Crippen LogP contribution in [0.2, 0.25) is 0 Å². The standard InChI is InChI=1S/C15H26O2/c1-13(2,12(16)17)9-11-8-10-6-7-15(11,5)14(10,3)4/h10-11H,6-9H2,1-5H3,(H,16,17). The molecule has 2 rings (SSSR count). The van der Waals surface area contributed by atoms with E-state index in [2.05, 4.69) is 20.8 Å². The minimum Gasteiger partial charge on any atom is -0.481 e. The Morgan fingerprint density at radius 3 is 2.29 bits per heavy atom. The Morgan fingerprint density at radius 1 is 1.35 bits per heavy atom. The Labute approximate surface area is 105 Å². The van der Waals surface area contributed by atoms with Crippen molar-refractivity contribution in [3.05, 3.63) is 0 Å². The number of carboxylic acids is 1. The highest BCUT2D eigenvalue weighted by Gasteiger charge is 2.61. The van der Waals surface area contributed by atoms with Crippen LogP contribution < -0.4 is 0 Å². The van der Waals surface area contributed by atoms with E-state index in [9.17, 15) is 9.90 Å². The molecular weight excluding hydrogens is 212 g/mol. The maximum absolute atomic E-state index is 11.3. The molecule has 0 aliphatic heterocycles. The maximum atomic E-state index is 11.3.